The van der Waals surface area contributed by atoms with Crippen LogP contribution in [0.5, 0.6) is 0 Å². The van der Waals surface area contributed by atoms with Gasteiger partial charge in [-0.2, -0.15) is 0 Å². The number of aryl methyl sites for hydroxylation is 1. The molecule has 3 heteroatoms. The third kappa shape index (κ3) is 2.67. The zero-order chi connectivity index (χ0) is 13.2. The van der Waals surface area contributed by atoms with Gasteiger partial charge in [-0.3, -0.25) is 0 Å². The number of thiazole rings is 1. The Morgan fingerprint density at radius 1 is 1.16 bits per heavy atom. The lowest BCUT2D eigenvalue weighted by Gasteiger charge is -2.09. The van der Waals surface area contributed by atoms with Crippen molar-refractivity contribution in [1.82, 2.24) is 4.98 Å². The smallest absolute Gasteiger partial charge is 0.0957 e. The molecule has 0 aliphatic rings. The highest BCUT2D eigenvalue weighted by atomic mass is 32.1. The van der Waals surface area contributed by atoms with Gasteiger partial charge in [0, 0.05) is 12.5 Å². The summed E-state index contributed by atoms with van der Waals surface area (Å²) in [5.74, 6) is 0. The Bertz CT molecular complexity index is 688. The number of fused-ring (bicyclic) bond motifs is 1. The van der Waals surface area contributed by atoms with Crippen molar-refractivity contribution in [3.63, 3.8) is 0 Å². The fraction of sp³-hybridized carbons (Fsp3) is 0.188. The molecule has 2 aromatic carbocycles. The third-order valence-electron chi connectivity index (χ3n) is 3.21. The molecule has 2 N–H and O–H groups in total. The van der Waals surface area contributed by atoms with Crippen LogP contribution < -0.4 is 5.73 Å². The molecule has 96 valence electrons. The van der Waals surface area contributed by atoms with Gasteiger partial charge < -0.3 is 5.73 Å². The molecule has 0 fully saturated rings. The van der Waals surface area contributed by atoms with Crippen LogP contribution in [0.25, 0.3) is 10.2 Å². The summed E-state index contributed by atoms with van der Waals surface area (Å²) >= 11 is 1.74. The van der Waals surface area contributed by atoms with Crippen molar-refractivity contribution in [2.45, 2.75) is 19.4 Å². The second-order valence-corrected chi connectivity index (χ2v) is 5.92. The minimum Gasteiger partial charge on any atom is -0.324 e. The Morgan fingerprint density at radius 3 is 2.74 bits per heavy atom. The van der Waals surface area contributed by atoms with Gasteiger partial charge in [0.1, 0.15) is 0 Å². The van der Waals surface area contributed by atoms with Gasteiger partial charge in [0.15, 0.2) is 0 Å². The van der Waals surface area contributed by atoms with Crippen molar-refractivity contribution in [3.8, 4) is 0 Å². The summed E-state index contributed by atoms with van der Waals surface area (Å²) in [5.41, 5.74) is 9.76. The van der Waals surface area contributed by atoms with Crippen LogP contribution >= 0.6 is 11.3 Å². The number of hydrogen-bond acceptors (Lipinski definition) is 3. The van der Waals surface area contributed by atoms with Gasteiger partial charge in [0.05, 0.1) is 15.2 Å². The van der Waals surface area contributed by atoms with Crippen LogP contribution in [0.4, 0.5) is 0 Å². The van der Waals surface area contributed by atoms with E-state index in [9.17, 15) is 0 Å². The van der Waals surface area contributed by atoms with Crippen LogP contribution in [0.1, 0.15) is 22.2 Å². The lowest BCUT2D eigenvalue weighted by Crippen LogP contribution is -2.12. The van der Waals surface area contributed by atoms with E-state index in [1.54, 1.807) is 11.3 Å². The maximum atomic E-state index is 6.25. The van der Waals surface area contributed by atoms with E-state index in [0.29, 0.717) is 0 Å². The van der Waals surface area contributed by atoms with Gasteiger partial charge in [-0.15, -0.1) is 11.3 Å². The first-order valence-corrected chi connectivity index (χ1v) is 7.20. The van der Waals surface area contributed by atoms with Crippen LogP contribution in [0.2, 0.25) is 0 Å². The third-order valence-corrected chi connectivity index (χ3v) is 4.25. The summed E-state index contributed by atoms with van der Waals surface area (Å²) < 4.78 is 1.25. The van der Waals surface area contributed by atoms with E-state index in [2.05, 4.69) is 42.2 Å². The van der Waals surface area contributed by atoms with Gasteiger partial charge in [0.25, 0.3) is 0 Å². The minimum atomic E-state index is 0.0165. The molecule has 0 aliphatic carbocycles. The summed E-state index contributed by atoms with van der Waals surface area (Å²) in [6.07, 6.45) is 0.794. The molecule has 0 saturated heterocycles. The van der Waals surface area contributed by atoms with Crippen LogP contribution in [0, 0.1) is 6.92 Å². The van der Waals surface area contributed by atoms with E-state index in [1.807, 2.05) is 18.2 Å². The zero-order valence-corrected chi connectivity index (χ0v) is 11.7. The van der Waals surface area contributed by atoms with Gasteiger partial charge in [-0.25, -0.2) is 4.98 Å². The molecule has 19 heavy (non-hydrogen) atoms. The predicted molar refractivity (Wildman–Crippen MR) is 81.4 cm³/mol. The van der Waals surface area contributed by atoms with Gasteiger partial charge in [0.2, 0.25) is 0 Å². The molecule has 1 atom stereocenters. The van der Waals surface area contributed by atoms with Gasteiger partial charge in [-0.05, 0) is 30.2 Å². The fourth-order valence-corrected chi connectivity index (χ4v) is 3.30. The quantitative estimate of drug-likeness (QED) is 0.783. The van der Waals surface area contributed by atoms with Crippen LogP contribution in [0.15, 0.2) is 48.5 Å². The monoisotopic (exact) mass is 268 g/mol. The average Bonchev–Trinajstić information content (AvgIpc) is 2.81. The Labute approximate surface area is 116 Å². The summed E-state index contributed by atoms with van der Waals surface area (Å²) in [5, 5.41) is 1.11. The van der Waals surface area contributed by atoms with Crippen molar-refractivity contribution in [2.24, 2.45) is 5.73 Å². The maximum Gasteiger partial charge on any atom is 0.0957 e. The highest BCUT2D eigenvalue weighted by Gasteiger charge is 2.10. The molecule has 0 aliphatic heterocycles. The first-order valence-electron chi connectivity index (χ1n) is 6.39. The van der Waals surface area contributed by atoms with Gasteiger partial charge in [-0.1, -0.05) is 36.4 Å². The maximum absolute atomic E-state index is 6.25. The minimum absolute atomic E-state index is 0.0165. The standard InChI is InChI=1S/C16H16N2S/c1-11-7-8-14-15(9-11)19-16(18-14)10-13(17)12-5-3-2-4-6-12/h2-9,13H,10,17H2,1H3. The molecular formula is C16H16N2S. The number of hydrogen-bond donors (Lipinski definition) is 1. The molecule has 0 radical (unpaired) electrons. The average molecular weight is 268 g/mol. The summed E-state index contributed by atoms with van der Waals surface area (Å²) in [7, 11) is 0. The first-order chi connectivity index (χ1) is 9.22. The Hall–Kier alpha value is -1.71. The second-order valence-electron chi connectivity index (χ2n) is 4.80. The van der Waals surface area contributed by atoms with Crippen LogP contribution in [0.3, 0.4) is 0 Å². The Kier molecular flexibility index (Phi) is 3.32. The number of nitrogens with zero attached hydrogens (tertiary/aromatic N) is 1. The molecule has 0 amide bonds. The van der Waals surface area contributed by atoms with E-state index < -0.39 is 0 Å². The highest BCUT2D eigenvalue weighted by Crippen LogP contribution is 2.26. The normalized spacial score (nSPS) is 12.7. The molecule has 0 bridgehead atoms. The zero-order valence-electron chi connectivity index (χ0n) is 10.8. The lowest BCUT2D eigenvalue weighted by molar-refractivity contribution is 0.719. The number of benzene rings is 2. The molecule has 0 saturated carbocycles. The van der Waals surface area contributed by atoms with Crippen molar-refractivity contribution in [1.29, 1.82) is 0 Å². The fourth-order valence-electron chi connectivity index (χ4n) is 2.17. The molecule has 1 heterocycles. The number of aromatic nitrogens is 1. The largest absolute Gasteiger partial charge is 0.324 e. The van der Waals surface area contributed by atoms with E-state index in [1.165, 1.54) is 10.3 Å². The van der Waals surface area contributed by atoms with E-state index in [0.717, 1.165) is 22.5 Å². The molecule has 0 spiro atoms. The molecule has 3 rings (SSSR count). The van der Waals surface area contributed by atoms with Crippen molar-refractivity contribution in [3.05, 3.63) is 64.7 Å². The van der Waals surface area contributed by atoms with Crippen molar-refractivity contribution < 1.29 is 0 Å². The van der Waals surface area contributed by atoms with Crippen molar-refractivity contribution >= 4 is 21.6 Å². The van der Waals surface area contributed by atoms with E-state index >= 15 is 0 Å². The number of nitrogens with two attached hydrogens (primary N) is 1. The molecular weight excluding hydrogens is 252 g/mol. The second kappa shape index (κ2) is 5.11. The van der Waals surface area contributed by atoms with E-state index in [4.69, 9.17) is 5.73 Å². The molecule has 2 nitrogen and oxygen atoms in total. The number of rotatable bonds is 3. The predicted octanol–water partition coefficient (Wildman–Crippen LogP) is 3.85. The SMILES string of the molecule is Cc1ccc2nc(CC(N)c3ccccc3)sc2c1. The van der Waals surface area contributed by atoms with Gasteiger partial charge >= 0.3 is 0 Å². The van der Waals surface area contributed by atoms with Crippen molar-refractivity contribution in [2.75, 3.05) is 0 Å². The summed E-state index contributed by atoms with van der Waals surface area (Å²) in [6.45, 7) is 2.11. The summed E-state index contributed by atoms with van der Waals surface area (Å²) in [6, 6.07) is 16.6. The Balaban J connectivity index is 1.85. The molecule has 1 unspecified atom stereocenters. The highest BCUT2D eigenvalue weighted by molar-refractivity contribution is 7.18. The Morgan fingerprint density at radius 2 is 1.95 bits per heavy atom. The first kappa shape index (κ1) is 12.3. The van der Waals surface area contributed by atoms with Crippen LogP contribution in [-0.2, 0) is 6.42 Å². The molecule has 3 aromatic rings. The topological polar surface area (TPSA) is 38.9 Å². The lowest BCUT2D eigenvalue weighted by atomic mass is 10.1. The van der Waals surface area contributed by atoms with Crippen LogP contribution in [-0.4, -0.2) is 4.98 Å². The molecule has 1 aromatic heterocycles. The summed E-state index contributed by atoms with van der Waals surface area (Å²) in [4.78, 5) is 4.66. The van der Waals surface area contributed by atoms with E-state index in [-0.39, 0.29) is 6.04 Å².